The Bertz CT molecular complexity index is 685. The third-order valence-corrected chi connectivity index (χ3v) is 3.37. The van der Waals surface area contributed by atoms with E-state index < -0.39 is 5.91 Å². The van der Waals surface area contributed by atoms with Crippen LogP contribution in [0.3, 0.4) is 0 Å². The molecule has 0 atom stereocenters. The van der Waals surface area contributed by atoms with Crippen molar-refractivity contribution in [2.24, 2.45) is 5.73 Å². The smallest absolute Gasteiger partial charge is 0.250 e. The number of fused-ring (bicyclic) bond motifs is 1. The highest BCUT2D eigenvalue weighted by Gasteiger charge is 2.13. The van der Waals surface area contributed by atoms with Crippen LogP contribution in [0.4, 0.5) is 0 Å². The molecule has 84 valence electrons. The number of benzene rings is 1. The number of para-hydroxylation sites is 1. The Morgan fingerprint density at radius 1 is 1.35 bits per heavy atom. The minimum absolute atomic E-state index is 0.420. The van der Waals surface area contributed by atoms with Crippen molar-refractivity contribution < 1.29 is 4.79 Å². The van der Waals surface area contributed by atoms with Gasteiger partial charge in [0.15, 0.2) is 5.13 Å². The molecule has 0 spiro atoms. The third-order valence-electron chi connectivity index (χ3n) is 2.60. The monoisotopic (exact) mass is 243 g/mol. The first-order valence-electron chi connectivity index (χ1n) is 5.07. The van der Waals surface area contributed by atoms with Gasteiger partial charge in [0.2, 0.25) is 0 Å². The van der Waals surface area contributed by atoms with Crippen LogP contribution < -0.4 is 5.73 Å². The predicted molar refractivity (Wildman–Crippen MR) is 67.5 cm³/mol. The molecular weight excluding hydrogens is 234 g/mol. The summed E-state index contributed by atoms with van der Waals surface area (Å²) in [6, 6.07) is 7.65. The van der Waals surface area contributed by atoms with E-state index in [1.54, 1.807) is 12.4 Å². The summed E-state index contributed by atoms with van der Waals surface area (Å²) in [5, 5.41) is 3.58. The minimum atomic E-state index is -0.420. The molecule has 0 aliphatic heterocycles. The van der Waals surface area contributed by atoms with E-state index >= 15 is 0 Å². The van der Waals surface area contributed by atoms with Gasteiger partial charge in [0.05, 0.1) is 11.1 Å². The van der Waals surface area contributed by atoms with Crippen LogP contribution in [-0.4, -0.2) is 15.5 Å². The second kappa shape index (κ2) is 3.71. The molecule has 3 rings (SSSR count). The normalized spacial score (nSPS) is 10.8. The lowest BCUT2D eigenvalue weighted by Crippen LogP contribution is -2.10. The summed E-state index contributed by atoms with van der Waals surface area (Å²) in [7, 11) is 0. The van der Waals surface area contributed by atoms with Crippen LogP contribution in [0.5, 0.6) is 0 Å². The maximum Gasteiger partial charge on any atom is 0.250 e. The zero-order valence-corrected chi connectivity index (χ0v) is 9.65. The number of rotatable bonds is 2. The molecule has 2 N–H and O–H groups in total. The van der Waals surface area contributed by atoms with Crippen molar-refractivity contribution in [3.63, 3.8) is 0 Å². The van der Waals surface area contributed by atoms with Gasteiger partial charge >= 0.3 is 0 Å². The van der Waals surface area contributed by atoms with Crippen molar-refractivity contribution in [1.29, 1.82) is 0 Å². The molecule has 0 bridgehead atoms. The Labute approximate surface area is 101 Å². The van der Waals surface area contributed by atoms with E-state index in [-0.39, 0.29) is 0 Å². The molecule has 0 unspecified atom stereocenters. The van der Waals surface area contributed by atoms with E-state index in [0.29, 0.717) is 5.56 Å². The average Bonchev–Trinajstić information content (AvgIpc) is 2.95. The number of carbonyl (C=O) groups is 1. The van der Waals surface area contributed by atoms with Gasteiger partial charge in [-0.2, -0.15) is 0 Å². The number of hydrogen-bond donors (Lipinski definition) is 1. The van der Waals surface area contributed by atoms with Crippen LogP contribution in [0.15, 0.2) is 42.0 Å². The van der Waals surface area contributed by atoms with E-state index in [2.05, 4.69) is 4.98 Å². The molecule has 1 aromatic carbocycles. The number of amides is 1. The van der Waals surface area contributed by atoms with Crippen molar-refractivity contribution in [2.75, 3.05) is 0 Å². The fourth-order valence-electron chi connectivity index (χ4n) is 1.87. The Hall–Kier alpha value is -2.14. The molecule has 4 nitrogen and oxygen atoms in total. The molecule has 5 heteroatoms. The Morgan fingerprint density at radius 3 is 2.88 bits per heavy atom. The molecule has 3 aromatic rings. The van der Waals surface area contributed by atoms with E-state index in [9.17, 15) is 4.79 Å². The van der Waals surface area contributed by atoms with Crippen LogP contribution in [0, 0.1) is 0 Å². The summed E-state index contributed by atoms with van der Waals surface area (Å²) in [6.45, 7) is 0. The number of primary amides is 1. The number of nitrogens with zero attached hydrogens (tertiary/aromatic N) is 2. The lowest BCUT2D eigenvalue weighted by molar-refractivity contribution is 0.100. The molecular formula is C12H9N3OS. The second-order valence-corrected chi connectivity index (χ2v) is 4.48. The van der Waals surface area contributed by atoms with Gasteiger partial charge in [-0.3, -0.25) is 9.36 Å². The first-order chi connectivity index (χ1) is 8.27. The lowest BCUT2D eigenvalue weighted by atomic mass is 10.2. The SMILES string of the molecule is NC(=O)c1cn(-c2nccs2)c2ccccc12. The first kappa shape index (κ1) is 10.0. The number of carbonyl (C=O) groups excluding carboxylic acids is 1. The van der Waals surface area contributed by atoms with E-state index in [1.165, 1.54) is 11.3 Å². The van der Waals surface area contributed by atoms with Gasteiger partial charge in [-0.15, -0.1) is 11.3 Å². The van der Waals surface area contributed by atoms with Crippen LogP contribution in [0.2, 0.25) is 0 Å². The van der Waals surface area contributed by atoms with Crippen molar-refractivity contribution in [1.82, 2.24) is 9.55 Å². The van der Waals surface area contributed by atoms with Crippen LogP contribution in [0.25, 0.3) is 16.0 Å². The largest absolute Gasteiger partial charge is 0.366 e. The summed E-state index contributed by atoms with van der Waals surface area (Å²) < 4.78 is 1.89. The van der Waals surface area contributed by atoms with E-state index in [4.69, 9.17) is 5.73 Å². The van der Waals surface area contributed by atoms with Crippen LogP contribution in [0.1, 0.15) is 10.4 Å². The number of aromatic nitrogens is 2. The molecule has 0 saturated heterocycles. The summed E-state index contributed by atoms with van der Waals surface area (Å²) in [4.78, 5) is 15.6. The van der Waals surface area contributed by atoms with Gasteiger partial charge in [-0.1, -0.05) is 18.2 Å². The summed E-state index contributed by atoms with van der Waals surface area (Å²) in [5.41, 5.74) is 6.84. The quantitative estimate of drug-likeness (QED) is 0.750. The van der Waals surface area contributed by atoms with Gasteiger partial charge < -0.3 is 5.73 Å². The van der Waals surface area contributed by atoms with Crippen LogP contribution >= 0.6 is 11.3 Å². The average molecular weight is 243 g/mol. The van der Waals surface area contributed by atoms with Gasteiger partial charge in [-0.25, -0.2) is 4.98 Å². The number of thiazole rings is 1. The minimum Gasteiger partial charge on any atom is -0.366 e. The van der Waals surface area contributed by atoms with Crippen LogP contribution in [-0.2, 0) is 0 Å². The zero-order valence-electron chi connectivity index (χ0n) is 8.83. The maximum atomic E-state index is 11.4. The van der Waals surface area contributed by atoms with Crippen molar-refractivity contribution >= 4 is 28.1 Å². The van der Waals surface area contributed by atoms with Crippen molar-refractivity contribution in [3.8, 4) is 5.13 Å². The molecule has 0 aliphatic rings. The molecule has 2 aromatic heterocycles. The molecule has 0 saturated carbocycles. The Morgan fingerprint density at radius 2 is 2.18 bits per heavy atom. The summed E-state index contributed by atoms with van der Waals surface area (Å²) >= 11 is 1.52. The second-order valence-electron chi connectivity index (χ2n) is 3.61. The molecule has 0 aliphatic carbocycles. The molecule has 1 amide bonds. The molecule has 0 radical (unpaired) electrons. The Kier molecular flexibility index (Phi) is 2.19. The zero-order chi connectivity index (χ0) is 11.8. The fourth-order valence-corrected chi connectivity index (χ4v) is 2.50. The van der Waals surface area contributed by atoms with Gasteiger partial charge in [-0.05, 0) is 6.07 Å². The summed E-state index contributed by atoms with van der Waals surface area (Å²) in [6.07, 6.45) is 3.48. The highest BCUT2D eigenvalue weighted by Crippen LogP contribution is 2.25. The topological polar surface area (TPSA) is 60.9 Å². The van der Waals surface area contributed by atoms with Crippen molar-refractivity contribution in [2.45, 2.75) is 0 Å². The lowest BCUT2D eigenvalue weighted by Gasteiger charge is -1.98. The van der Waals surface area contributed by atoms with E-state index in [0.717, 1.165) is 16.0 Å². The number of hydrogen-bond acceptors (Lipinski definition) is 3. The maximum absolute atomic E-state index is 11.4. The van der Waals surface area contributed by atoms with Gasteiger partial charge in [0, 0.05) is 23.2 Å². The molecule has 2 heterocycles. The van der Waals surface area contributed by atoms with Crippen molar-refractivity contribution in [3.05, 3.63) is 47.6 Å². The van der Waals surface area contributed by atoms with Gasteiger partial charge in [0.1, 0.15) is 0 Å². The Balaban J connectivity index is 2.37. The number of nitrogens with two attached hydrogens (primary N) is 1. The fraction of sp³-hybridized carbons (Fsp3) is 0. The van der Waals surface area contributed by atoms with E-state index in [1.807, 2.05) is 34.2 Å². The standard InChI is InChI=1S/C12H9N3OS/c13-11(16)9-7-15(12-14-5-6-17-12)10-4-2-1-3-8(9)10/h1-7H,(H2,13,16). The highest BCUT2D eigenvalue weighted by molar-refractivity contribution is 7.12. The molecule has 0 fully saturated rings. The summed E-state index contributed by atoms with van der Waals surface area (Å²) in [5.74, 6) is -0.420. The highest BCUT2D eigenvalue weighted by atomic mass is 32.1. The van der Waals surface area contributed by atoms with Gasteiger partial charge in [0.25, 0.3) is 5.91 Å². The first-order valence-corrected chi connectivity index (χ1v) is 5.95. The predicted octanol–water partition coefficient (Wildman–Crippen LogP) is 2.19. The third kappa shape index (κ3) is 1.52. The molecule has 17 heavy (non-hydrogen) atoms.